The van der Waals surface area contributed by atoms with Crippen LogP contribution in [0.1, 0.15) is 25.0 Å². The fourth-order valence-electron chi connectivity index (χ4n) is 2.22. The first-order chi connectivity index (χ1) is 12.2. The van der Waals surface area contributed by atoms with Gasteiger partial charge in [0.15, 0.2) is 0 Å². The summed E-state index contributed by atoms with van der Waals surface area (Å²) in [4.78, 5) is 12.1. The van der Waals surface area contributed by atoms with Gasteiger partial charge in [-0.15, -0.1) is 0 Å². The zero-order chi connectivity index (χ0) is 19.3. The van der Waals surface area contributed by atoms with Gasteiger partial charge < -0.3 is 10.1 Å². The molecule has 0 spiro atoms. The van der Waals surface area contributed by atoms with E-state index in [1.54, 1.807) is 36.4 Å². The molecule has 2 N–H and O–H groups in total. The first-order valence-corrected chi connectivity index (χ1v) is 9.79. The molecular weight excluding hydrogens is 352 g/mol. The number of nitrogens with one attached hydrogen (secondary N) is 2. The molecule has 0 aliphatic heterocycles. The molecule has 7 heteroatoms. The third-order valence-corrected chi connectivity index (χ3v) is 5.12. The van der Waals surface area contributed by atoms with Gasteiger partial charge in [0.05, 0.1) is 17.5 Å². The standard InChI is InChI=1S/C19H24N2O4S/c1-13(2)25-17-8-6-16(7-9-17)21-19(22)12-20-26(23,24)18-10-5-14(3)15(4)11-18/h5-11,13,20H,12H2,1-4H3,(H,21,22). The summed E-state index contributed by atoms with van der Waals surface area (Å²) in [6.07, 6.45) is 0.0651. The average Bonchev–Trinajstić information content (AvgIpc) is 2.57. The van der Waals surface area contributed by atoms with Gasteiger partial charge in [0, 0.05) is 5.69 Å². The summed E-state index contributed by atoms with van der Waals surface area (Å²) in [5.74, 6) is 0.253. The Labute approximate surface area is 154 Å². The monoisotopic (exact) mass is 376 g/mol. The molecule has 6 nitrogen and oxygen atoms in total. The Morgan fingerprint density at radius 3 is 2.27 bits per heavy atom. The van der Waals surface area contributed by atoms with E-state index in [9.17, 15) is 13.2 Å². The van der Waals surface area contributed by atoms with Gasteiger partial charge in [-0.25, -0.2) is 13.1 Å². The lowest BCUT2D eigenvalue weighted by molar-refractivity contribution is -0.115. The van der Waals surface area contributed by atoms with E-state index in [2.05, 4.69) is 10.0 Å². The molecular formula is C19H24N2O4S. The van der Waals surface area contributed by atoms with Crippen molar-refractivity contribution in [3.63, 3.8) is 0 Å². The van der Waals surface area contributed by atoms with Crippen LogP contribution in [-0.4, -0.2) is 27.0 Å². The summed E-state index contributed by atoms with van der Waals surface area (Å²) in [5, 5.41) is 2.65. The van der Waals surface area contributed by atoms with Crippen LogP contribution in [0.3, 0.4) is 0 Å². The Balaban J connectivity index is 1.94. The number of sulfonamides is 1. The number of amides is 1. The zero-order valence-electron chi connectivity index (χ0n) is 15.4. The van der Waals surface area contributed by atoms with Crippen LogP contribution >= 0.6 is 0 Å². The van der Waals surface area contributed by atoms with E-state index in [0.717, 1.165) is 11.1 Å². The number of benzene rings is 2. The van der Waals surface area contributed by atoms with Crippen molar-refractivity contribution in [1.29, 1.82) is 0 Å². The van der Waals surface area contributed by atoms with Crippen molar-refractivity contribution in [3.8, 4) is 5.75 Å². The first-order valence-electron chi connectivity index (χ1n) is 8.31. The van der Waals surface area contributed by atoms with Crippen molar-refractivity contribution in [3.05, 3.63) is 53.6 Å². The van der Waals surface area contributed by atoms with Crippen LogP contribution in [0.4, 0.5) is 5.69 Å². The molecule has 26 heavy (non-hydrogen) atoms. The van der Waals surface area contributed by atoms with Gasteiger partial charge in [-0.1, -0.05) is 6.07 Å². The van der Waals surface area contributed by atoms with Gasteiger partial charge in [0.25, 0.3) is 0 Å². The second kappa shape index (κ2) is 8.33. The Morgan fingerprint density at radius 2 is 1.69 bits per heavy atom. The summed E-state index contributed by atoms with van der Waals surface area (Å²) in [7, 11) is -3.74. The summed E-state index contributed by atoms with van der Waals surface area (Å²) < 4.78 is 32.4. The van der Waals surface area contributed by atoms with Crippen LogP contribution in [-0.2, 0) is 14.8 Å². The number of aryl methyl sites for hydroxylation is 2. The highest BCUT2D eigenvalue weighted by molar-refractivity contribution is 7.89. The van der Waals surface area contributed by atoms with Gasteiger partial charge in [0.1, 0.15) is 5.75 Å². The van der Waals surface area contributed by atoms with Crippen molar-refractivity contribution in [2.24, 2.45) is 0 Å². The summed E-state index contributed by atoms with van der Waals surface area (Å²) in [5.41, 5.74) is 2.45. The molecule has 0 heterocycles. The fraction of sp³-hybridized carbons (Fsp3) is 0.316. The van der Waals surface area contributed by atoms with Crippen molar-refractivity contribution in [2.75, 3.05) is 11.9 Å². The third-order valence-electron chi connectivity index (χ3n) is 3.72. The van der Waals surface area contributed by atoms with E-state index < -0.39 is 15.9 Å². The number of hydrogen-bond acceptors (Lipinski definition) is 4. The van der Waals surface area contributed by atoms with Crippen molar-refractivity contribution < 1.29 is 17.9 Å². The molecule has 0 bridgehead atoms. The topological polar surface area (TPSA) is 84.5 Å². The molecule has 0 radical (unpaired) electrons. The van der Waals surface area contributed by atoms with Gasteiger partial charge in [-0.3, -0.25) is 4.79 Å². The van der Waals surface area contributed by atoms with Crippen LogP contribution in [0.25, 0.3) is 0 Å². The normalized spacial score (nSPS) is 11.4. The molecule has 2 aromatic rings. The highest BCUT2D eigenvalue weighted by atomic mass is 32.2. The zero-order valence-corrected chi connectivity index (χ0v) is 16.2. The van der Waals surface area contributed by atoms with Crippen molar-refractivity contribution in [2.45, 2.75) is 38.7 Å². The summed E-state index contributed by atoms with van der Waals surface area (Å²) in [6, 6.07) is 11.7. The quantitative estimate of drug-likeness (QED) is 0.778. The highest BCUT2D eigenvalue weighted by Crippen LogP contribution is 2.17. The van der Waals surface area contributed by atoms with Crippen molar-refractivity contribution in [1.82, 2.24) is 4.72 Å². The molecule has 2 aromatic carbocycles. The Bertz CT molecular complexity index is 875. The number of carbonyl (C=O) groups excluding carboxylic acids is 1. The van der Waals surface area contributed by atoms with E-state index in [4.69, 9.17) is 4.74 Å². The van der Waals surface area contributed by atoms with Gasteiger partial charge >= 0.3 is 0 Å². The Hall–Kier alpha value is -2.38. The maximum atomic E-state index is 12.3. The van der Waals surface area contributed by atoms with Gasteiger partial charge in [-0.2, -0.15) is 0 Å². The number of anilines is 1. The molecule has 1 amide bonds. The molecule has 0 aromatic heterocycles. The molecule has 0 aliphatic carbocycles. The molecule has 140 valence electrons. The third kappa shape index (κ3) is 5.57. The first kappa shape index (κ1) is 19.9. The number of rotatable bonds is 7. The van der Waals surface area contributed by atoms with Crippen LogP contribution < -0.4 is 14.8 Å². The van der Waals surface area contributed by atoms with E-state index in [1.807, 2.05) is 27.7 Å². The molecule has 0 atom stereocenters. The molecule has 2 rings (SSSR count). The highest BCUT2D eigenvalue weighted by Gasteiger charge is 2.16. The molecule has 0 aliphatic rings. The second-order valence-corrected chi connectivity index (χ2v) is 8.08. The molecule has 0 saturated carbocycles. The lowest BCUT2D eigenvalue weighted by Gasteiger charge is -2.11. The SMILES string of the molecule is Cc1ccc(S(=O)(=O)NCC(=O)Nc2ccc(OC(C)C)cc2)cc1C. The maximum Gasteiger partial charge on any atom is 0.241 e. The summed E-state index contributed by atoms with van der Waals surface area (Å²) >= 11 is 0. The molecule has 0 unspecified atom stereocenters. The van der Waals surface area contributed by atoms with Crippen LogP contribution in [0.15, 0.2) is 47.4 Å². The predicted octanol–water partition coefficient (Wildman–Crippen LogP) is 3.01. The van der Waals surface area contributed by atoms with Crippen LogP contribution in [0.2, 0.25) is 0 Å². The maximum absolute atomic E-state index is 12.3. The number of ether oxygens (including phenoxy) is 1. The van der Waals surface area contributed by atoms with Crippen LogP contribution in [0.5, 0.6) is 5.75 Å². The average molecular weight is 376 g/mol. The predicted molar refractivity (Wildman–Crippen MR) is 102 cm³/mol. The van der Waals surface area contributed by atoms with Crippen LogP contribution in [0, 0.1) is 13.8 Å². The van der Waals surface area contributed by atoms with Gasteiger partial charge in [-0.05, 0) is 75.2 Å². The number of carbonyl (C=O) groups is 1. The smallest absolute Gasteiger partial charge is 0.241 e. The minimum Gasteiger partial charge on any atom is -0.491 e. The minimum absolute atomic E-state index is 0.0651. The molecule has 0 fully saturated rings. The minimum atomic E-state index is -3.74. The Kier molecular flexibility index (Phi) is 6.39. The van der Waals surface area contributed by atoms with Gasteiger partial charge in [0.2, 0.25) is 15.9 Å². The lowest BCUT2D eigenvalue weighted by atomic mass is 10.1. The van der Waals surface area contributed by atoms with Crippen molar-refractivity contribution >= 4 is 21.6 Å². The molecule has 0 saturated heterocycles. The number of hydrogen-bond donors (Lipinski definition) is 2. The lowest BCUT2D eigenvalue weighted by Crippen LogP contribution is -2.32. The van der Waals surface area contributed by atoms with E-state index in [1.165, 1.54) is 6.07 Å². The van der Waals surface area contributed by atoms with E-state index in [-0.39, 0.29) is 17.5 Å². The van der Waals surface area contributed by atoms with E-state index in [0.29, 0.717) is 11.4 Å². The second-order valence-electron chi connectivity index (χ2n) is 6.31. The fourth-order valence-corrected chi connectivity index (χ4v) is 3.29. The summed E-state index contributed by atoms with van der Waals surface area (Å²) in [6.45, 7) is 7.26. The Morgan fingerprint density at radius 1 is 1.04 bits per heavy atom. The van der Waals surface area contributed by atoms with E-state index >= 15 is 0 Å². The largest absolute Gasteiger partial charge is 0.491 e.